The first-order valence-electron chi connectivity index (χ1n) is 7.95. The number of aryl methyl sites for hydroxylation is 1. The molecule has 0 atom stereocenters. The Morgan fingerprint density at radius 1 is 1.24 bits per heavy atom. The van der Waals surface area contributed by atoms with Gasteiger partial charge in [0.15, 0.2) is 0 Å². The number of nitrogens with zero attached hydrogens (tertiary/aromatic N) is 2. The van der Waals surface area contributed by atoms with E-state index in [9.17, 15) is 18.5 Å². The molecule has 0 aliphatic carbocycles. The van der Waals surface area contributed by atoms with Gasteiger partial charge in [0.2, 0.25) is 10.0 Å². The van der Waals surface area contributed by atoms with Gasteiger partial charge in [-0.3, -0.25) is 14.4 Å². The summed E-state index contributed by atoms with van der Waals surface area (Å²) in [7, 11) is -3.19. The smallest absolute Gasteiger partial charge is 0.269 e. The highest BCUT2D eigenvalue weighted by molar-refractivity contribution is 7.93. The molecule has 3 rings (SSSR count). The average Bonchev–Trinajstić information content (AvgIpc) is 2.93. The molecule has 1 saturated heterocycles. The van der Waals surface area contributed by atoms with Gasteiger partial charge in [-0.2, -0.15) is 0 Å². The highest BCUT2D eigenvalue weighted by Crippen LogP contribution is 2.26. The minimum atomic E-state index is -3.19. The number of anilines is 2. The number of nitro groups is 1. The number of nitrogens with one attached hydrogen (secondary N) is 1. The summed E-state index contributed by atoms with van der Waals surface area (Å²) < 4.78 is 25.5. The van der Waals surface area contributed by atoms with E-state index in [4.69, 9.17) is 0 Å². The maximum absolute atomic E-state index is 12.0. The Kier molecular flexibility index (Phi) is 4.63. The van der Waals surface area contributed by atoms with Crippen LogP contribution in [0.5, 0.6) is 0 Å². The van der Waals surface area contributed by atoms with Crippen LogP contribution >= 0.6 is 0 Å². The van der Waals surface area contributed by atoms with Crippen LogP contribution in [-0.4, -0.2) is 25.6 Å². The fourth-order valence-corrected chi connectivity index (χ4v) is 4.46. The molecule has 132 valence electrons. The third-order valence-electron chi connectivity index (χ3n) is 4.20. The number of nitro benzene ring substituents is 1. The van der Waals surface area contributed by atoms with Crippen LogP contribution in [0.4, 0.5) is 17.1 Å². The van der Waals surface area contributed by atoms with E-state index in [2.05, 4.69) is 5.32 Å². The van der Waals surface area contributed by atoms with Crippen LogP contribution in [0.3, 0.4) is 0 Å². The lowest BCUT2D eigenvalue weighted by Crippen LogP contribution is -2.25. The monoisotopic (exact) mass is 361 g/mol. The van der Waals surface area contributed by atoms with Gasteiger partial charge in [-0.15, -0.1) is 0 Å². The molecule has 2 aromatic carbocycles. The largest absolute Gasteiger partial charge is 0.381 e. The molecule has 0 amide bonds. The van der Waals surface area contributed by atoms with Crippen molar-refractivity contribution < 1.29 is 13.3 Å². The molecule has 2 aromatic rings. The highest BCUT2D eigenvalue weighted by atomic mass is 32.2. The van der Waals surface area contributed by atoms with Gasteiger partial charge in [0.25, 0.3) is 5.69 Å². The number of sulfonamides is 1. The summed E-state index contributed by atoms with van der Waals surface area (Å²) in [6.45, 7) is 2.82. The molecule has 0 bridgehead atoms. The summed E-state index contributed by atoms with van der Waals surface area (Å²) in [5, 5.41) is 14.0. The van der Waals surface area contributed by atoms with Gasteiger partial charge in [-0.05, 0) is 42.7 Å². The summed E-state index contributed by atoms with van der Waals surface area (Å²) in [5.41, 5.74) is 3.27. The molecule has 8 heteroatoms. The first-order chi connectivity index (χ1) is 11.9. The van der Waals surface area contributed by atoms with Crippen molar-refractivity contribution in [2.45, 2.75) is 19.9 Å². The molecule has 1 heterocycles. The second kappa shape index (κ2) is 6.72. The van der Waals surface area contributed by atoms with E-state index < -0.39 is 14.9 Å². The molecule has 1 fully saturated rings. The Bertz CT molecular complexity index is 912. The maximum Gasteiger partial charge on any atom is 0.269 e. The predicted molar refractivity (Wildman–Crippen MR) is 97.4 cm³/mol. The third kappa shape index (κ3) is 3.74. The van der Waals surface area contributed by atoms with Crippen LogP contribution < -0.4 is 9.62 Å². The lowest BCUT2D eigenvalue weighted by Gasteiger charge is -2.18. The van der Waals surface area contributed by atoms with E-state index >= 15 is 0 Å². The van der Waals surface area contributed by atoms with E-state index in [0.29, 0.717) is 25.2 Å². The average molecular weight is 361 g/mol. The van der Waals surface area contributed by atoms with Gasteiger partial charge in [0, 0.05) is 30.9 Å². The Labute approximate surface area is 146 Å². The summed E-state index contributed by atoms with van der Waals surface area (Å²) >= 11 is 0. The Hall–Kier alpha value is -2.61. The van der Waals surface area contributed by atoms with Crippen molar-refractivity contribution >= 4 is 27.1 Å². The number of hydrogen-bond donors (Lipinski definition) is 1. The minimum absolute atomic E-state index is 0.0595. The van der Waals surface area contributed by atoms with Crippen molar-refractivity contribution in [1.82, 2.24) is 0 Å². The fourth-order valence-electron chi connectivity index (χ4n) is 2.91. The summed E-state index contributed by atoms with van der Waals surface area (Å²) in [5.74, 6) is 0.192. The van der Waals surface area contributed by atoms with Crippen LogP contribution in [0, 0.1) is 17.0 Å². The summed E-state index contributed by atoms with van der Waals surface area (Å²) in [4.78, 5) is 10.4. The Morgan fingerprint density at radius 2 is 2.04 bits per heavy atom. The topological polar surface area (TPSA) is 92.6 Å². The number of rotatable bonds is 5. The fraction of sp³-hybridized carbons (Fsp3) is 0.294. The molecule has 0 spiro atoms. The van der Waals surface area contributed by atoms with E-state index in [1.807, 2.05) is 25.1 Å². The van der Waals surface area contributed by atoms with Crippen molar-refractivity contribution in [1.29, 1.82) is 0 Å². The third-order valence-corrected chi connectivity index (χ3v) is 6.07. The van der Waals surface area contributed by atoms with Crippen LogP contribution in [0.25, 0.3) is 0 Å². The SMILES string of the molecule is Cc1cc([N+](=O)[O-])ccc1NCc1cccc(N2CCCS2(=O)=O)c1. The standard InChI is InChI=1S/C17H19N3O4S/c1-13-10-16(20(21)22)6-7-17(13)18-12-14-4-2-5-15(11-14)19-8-3-9-25(19,23)24/h2,4-7,10-11,18H,3,8-9,12H2,1H3. The number of non-ortho nitro benzene ring substituents is 1. The molecule has 1 N–H and O–H groups in total. The molecular weight excluding hydrogens is 342 g/mol. The normalized spacial score (nSPS) is 16.0. The second-order valence-electron chi connectivity index (χ2n) is 6.02. The van der Waals surface area contributed by atoms with Crippen molar-refractivity contribution in [3.63, 3.8) is 0 Å². The molecule has 1 aliphatic rings. The van der Waals surface area contributed by atoms with Gasteiger partial charge in [-0.25, -0.2) is 8.42 Å². The van der Waals surface area contributed by atoms with Gasteiger partial charge < -0.3 is 5.32 Å². The maximum atomic E-state index is 12.0. The van der Waals surface area contributed by atoms with Crippen molar-refractivity contribution in [2.75, 3.05) is 21.9 Å². The Morgan fingerprint density at radius 3 is 2.68 bits per heavy atom. The van der Waals surface area contributed by atoms with E-state index in [1.54, 1.807) is 12.1 Å². The zero-order valence-electron chi connectivity index (χ0n) is 13.8. The molecule has 1 aliphatic heterocycles. The summed E-state index contributed by atoms with van der Waals surface area (Å²) in [6, 6.07) is 12.1. The molecule has 25 heavy (non-hydrogen) atoms. The highest BCUT2D eigenvalue weighted by Gasteiger charge is 2.28. The van der Waals surface area contributed by atoms with Crippen LogP contribution in [-0.2, 0) is 16.6 Å². The zero-order chi connectivity index (χ0) is 18.0. The lowest BCUT2D eigenvalue weighted by molar-refractivity contribution is -0.384. The van der Waals surface area contributed by atoms with Crippen molar-refractivity contribution in [3.05, 3.63) is 63.7 Å². The second-order valence-corrected chi connectivity index (χ2v) is 8.03. The molecule has 0 radical (unpaired) electrons. The molecule has 7 nitrogen and oxygen atoms in total. The minimum Gasteiger partial charge on any atom is -0.381 e. The molecular formula is C17H19N3O4S. The lowest BCUT2D eigenvalue weighted by atomic mass is 10.1. The summed E-state index contributed by atoms with van der Waals surface area (Å²) in [6.07, 6.45) is 0.646. The van der Waals surface area contributed by atoms with Crippen LogP contribution in [0.1, 0.15) is 17.5 Å². The quantitative estimate of drug-likeness (QED) is 0.653. The number of hydrogen-bond acceptors (Lipinski definition) is 5. The van der Waals surface area contributed by atoms with Crippen LogP contribution in [0.2, 0.25) is 0 Å². The molecule has 0 aromatic heterocycles. The number of benzene rings is 2. The zero-order valence-corrected chi connectivity index (χ0v) is 14.6. The van der Waals surface area contributed by atoms with Crippen molar-refractivity contribution in [2.24, 2.45) is 0 Å². The predicted octanol–water partition coefficient (Wildman–Crippen LogP) is 3.06. The molecule has 0 unspecified atom stereocenters. The molecule has 0 saturated carbocycles. The first-order valence-corrected chi connectivity index (χ1v) is 9.56. The van der Waals surface area contributed by atoms with Gasteiger partial charge in [-0.1, -0.05) is 12.1 Å². The van der Waals surface area contributed by atoms with Gasteiger partial charge in [0.1, 0.15) is 0 Å². The first kappa shape index (κ1) is 17.2. The van der Waals surface area contributed by atoms with Crippen LogP contribution in [0.15, 0.2) is 42.5 Å². The van der Waals surface area contributed by atoms with E-state index in [0.717, 1.165) is 16.8 Å². The van der Waals surface area contributed by atoms with Gasteiger partial charge >= 0.3 is 0 Å². The Balaban J connectivity index is 1.74. The van der Waals surface area contributed by atoms with E-state index in [-0.39, 0.29) is 11.4 Å². The van der Waals surface area contributed by atoms with Gasteiger partial charge in [0.05, 0.1) is 16.4 Å². The van der Waals surface area contributed by atoms with E-state index in [1.165, 1.54) is 16.4 Å². The van der Waals surface area contributed by atoms with Crippen molar-refractivity contribution in [3.8, 4) is 0 Å².